The highest BCUT2D eigenvalue weighted by Crippen LogP contribution is 2.37. The fraction of sp³-hybridized carbons (Fsp3) is 0. The second-order valence-electron chi connectivity index (χ2n) is 4.71. The molecule has 118 valence electrons. The maximum absolute atomic E-state index is 13.1. The quantitative estimate of drug-likeness (QED) is 0.761. The Morgan fingerprint density at radius 1 is 1.00 bits per heavy atom. The Labute approximate surface area is 141 Å². The fourth-order valence-electron chi connectivity index (χ4n) is 2.00. The van der Waals surface area contributed by atoms with Crippen molar-refractivity contribution in [1.82, 2.24) is 4.98 Å². The minimum Gasteiger partial charge on any atom is -0.223 e. The van der Waals surface area contributed by atoms with E-state index in [1.807, 2.05) is 0 Å². The van der Waals surface area contributed by atoms with Gasteiger partial charge in [-0.2, -0.15) is 0 Å². The van der Waals surface area contributed by atoms with Gasteiger partial charge in [-0.1, -0.05) is 35.9 Å². The van der Waals surface area contributed by atoms with E-state index in [1.165, 1.54) is 35.6 Å². The summed E-state index contributed by atoms with van der Waals surface area (Å²) in [5, 5.41) is 6.09. The first-order chi connectivity index (χ1) is 10.8. The van der Waals surface area contributed by atoms with Crippen molar-refractivity contribution in [2.24, 2.45) is 5.14 Å². The molecule has 0 amide bonds. The zero-order valence-corrected chi connectivity index (χ0v) is 13.9. The molecule has 0 fully saturated rings. The van der Waals surface area contributed by atoms with Crippen LogP contribution in [0.2, 0.25) is 5.02 Å². The molecule has 8 heteroatoms. The van der Waals surface area contributed by atoms with Crippen LogP contribution >= 0.6 is 22.9 Å². The van der Waals surface area contributed by atoms with E-state index in [-0.39, 0.29) is 5.03 Å². The summed E-state index contributed by atoms with van der Waals surface area (Å²) in [6, 6.07) is 12.3. The van der Waals surface area contributed by atoms with Crippen molar-refractivity contribution < 1.29 is 12.8 Å². The molecule has 0 radical (unpaired) electrons. The first kappa shape index (κ1) is 16.1. The predicted molar refractivity (Wildman–Crippen MR) is 89.3 cm³/mol. The number of hydrogen-bond donors (Lipinski definition) is 1. The fourth-order valence-corrected chi connectivity index (χ4v) is 4.22. The van der Waals surface area contributed by atoms with Gasteiger partial charge in [0.15, 0.2) is 5.03 Å². The van der Waals surface area contributed by atoms with E-state index in [4.69, 9.17) is 16.7 Å². The van der Waals surface area contributed by atoms with Gasteiger partial charge in [-0.05, 0) is 29.8 Å². The van der Waals surface area contributed by atoms with Crippen LogP contribution in [0.1, 0.15) is 0 Å². The summed E-state index contributed by atoms with van der Waals surface area (Å²) in [5.41, 5.74) is 1.26. The summed E-state index contributed by atoms with van der Waals surface area (Å²) in [6.45, 7) is 0. The van der Waals surface area contributed by atoms with Crippen molar-refractivity contribution in [2.75, 3.05) is 0 Å². The molecule has 23 heavy (non-hydrogen) atoms. The molecule has 0 aliphatic carbocycles. The second kappa shape index (κ2) is 6.01. The van der Waals surface area contributed by atoms with Gasteiger partial charge in [0.2, 0.25) is 0 Å². The minimum atomic E-state index is -4.01. The molecule has 0 bridgehead atoms. The van der Waals surface area contributed by atoms with Gasteiger partial charge in [-0.3, -0.25) is 0 Å². The molecule has 4 nitrogen and oxygen atoms in total. The van der Waals surface area contributed by atoms with Gasteiger partial charge >= 0.3 is 0 Å². The van der Waals surface area contributed by atoms with Crippen LogP contribution in [-0.2, 0) is 10.0 Å². The lowest BCUT2D eigenvalue weighted by Crippen LogP contribution is -2.13. The predicted octanol–water partition coefficient (Wildman–Crippen LogP) is 3.92. The lowest BCUT2D eigenvalue weighted by molar-refractivity contribution is 0.595. The SMILES string of the molecule is NS(=O)(=O)c1nc(-c2ccc(Cl)cc2)sc1-c1ccc(F)cc1. The molecule has 0 aliphatic heterocycles. The molecule has 0 unspecified atom stereocenters. The zero-order valence-electron chi connectivity index (χ0n) is 11.5. The van der Waals surface area contributed by atoms with Crippen molar-refractivity contribution in [3.8, 4) is 21.0 Å². The van der Waals surface area contributed by atoms with Crippen LogP contribution in [0.15, 0.2) is 53.6 Å². The Morgan fingerprint density at radius 2 is 1.57 bits per heavy atom. The molecule has 1 heterocycles. The van der Waals surface area contributed by atoms with E-state index in [1.54, 1.807) is 24.3 Å². The highest BCUT2D eigenvalue weighted by Gasteiger charge is 2.22. The van der Waals surface area contributed by atoms with Crippen LogP contribution in [0.25, 0.3) is 21.0 Å². The Balaban J connectivity index is 2.18. The molecule has 0 aliphatic rings. The largest absolute Gasteiger partial charge is 0.257 e. The number of thiazole rings is 1. The standard InChI is InChI=1S/C15H10ClFN2O2S2/c16-11-5-1-10(2-6-11)14-19-15(23(18,20)21)13(22-14)9-3-7-12(17)8-4-9/h1-8H,(H2,18,20,21). The number of rotatable bonds is 3. The van der Waals surface area contributed by atoms with E-state index in [0.717, 1.165) is 5.56 Å². The molecule has 0 saturated carbocycles. The van der Waals surface area contributed by atoms with E-state index in [9.17, 15) is 12.8 Å². The van der Waals surface area contributed by atoms with Gasteiger partial charge < -0.3 is 0 Å². The molecule has 3 rings (SSSR count). The topological polar surface area (TPSA) is 73.1 Å². The van der Waals surface area contributed by atoms with Gasteiger partial charge in [-0.15, -0.1) is 11.3 Å². The van der Waals surface area contributed by atoms with Crippen LogP contribution in [0.5, 0.6) is 0 Å². The highest BCUT2D eigenvalue weighted by molar-refractivity contribution is 7.89. The molecular formula is C15H10ClFN2O2S2. The van der Waals surface area contributed by atoms with E-state index < -0.39 is 15.8 Å². The molecular weight excluding hydrogens is 359 g/mol. The van der Waals surface area contributed by atoms with Crippen LogP contribution in [0, 0.1) is 5.82 Å². The summed E-state index contributed by atoms with van der Waals surface area (Å²) in [4.78, 5) is 4.52. The third-order valence-electron chi connectivity index (χ3n) is 3.06. The molecule has 0 saturated heterocycles. The number of benzene rings is 2. The Morgan fingerprint density at radius 3 is 2.13 bits per heavy atom. The van der Waals surface area contributed by atoms with Gasteiger partial charge in [0.05, 0.1) is 4.88 Å². The lowest BCUT2D eigenvalue weighted by Gasteiger charge is -2.00. The van der Waals surface area contributed by atoms with E-state index in [2.05, 4.69) is 4.98 Å². The van der Waals surface area contributed by atoms with Crippen LogP contribution in [-0.4, -0.2) is 13.4 Å². The Hall–Kier alpha value is -1.80. The Bertz CT molecular complexity index is 952. The zero-order chi connectivity index (χ0) is 16.6. The van der Waals surface area contributed by atoms with Crippen molar-refractivity contribution in [2.45, 2.75) is 5.03 Å². The number of halogens is 2. The number of nitrogens with zero attached hydrogens (tertiary/aromatic N) is 1. The normalized spacial score (nSPS) is 11.6. The number of primary sulfonamides is 1. The molecule has 2 aromatic carbocycles. The summed E-state index contributed by atoms with van der Waals surface area (Å²) in [7, 11) is -4.01. The van der Waals surface area contributed by atoms with Crippen molar-refractivity contribution in [1.29, 1.82) is 0 Å². The number of aromatic nitrogens is 1. The maximum atomic E-state index is 13.1. The smallest absolute Gasteiger partial charge is 0.223 e. The van der Waals surface area contributed by atoms with E-state index in [0.29, 0.717) is 20.5 Å². The average molecular weight is 369 g/mol. The van der Waals surface area contributed by atoms with Gasteiger partial charge in [-0.25, -0.2) is 22.9 Å². The average Bonchev–Trinajstić information content (AvgIpc) is 2.94. The Kier molecular flexibility index (Phi) is 4.20. The van der Waals surface area contributed by atoms with Crippen molar-refractivity contribution in [3.05, 3.63) is 59.4 Å². The lowest BCUT2D eigenvalue weighted by atomic mass is 10.2. The number of hydrogen-bond acceptors (Lipinski definition) is 4. The summed E-state index contributed by atoms with van der Waals surface area (Å²) < 4.78 is 36.7. The summed E-state index contributed by atoms with van der Waals surface area (Å²) in [6.07, 6.45) is 0. The molecule has 2 N–H and O–H groups in total. The molecule has 3 aromatic rings. The van der Waals surface area contributed by atoms with Crippen molar-refractivity contribution in [3.63, 3.8) is 0 Å². The summed E-state index contributed by atoms with van der Waals surface area (Å²) >= 11 is 7.02. The van der Waals surface area contributed by atoms with Crippen LogP contribution in [0.4, 0.5) is 4.39 Å². The highest BCUT2D eigenvalue weighted by atomic mass is 35.5. The van der Waals surface area contributed by atoms with Gasteiger partial charge in [0.25, 0.3) is 10.0 Å². The first-order valence-electron chi connectivity index (χ1n) is 6.40. The third kappa shape index (κ3) is 3.42. The molecule has 1 aromatic heterocycles. The van der Waals surface area contributed by atoms with E-state index >= 15 is 0 Å². The monoisotopic (exact) mass is 368 g/mol. The second-order valence-corrected chi connectivity index (χ2v) is 7.62. The van der Waals surface area contributed by atoms with Gasteiger partial charge in [0.1, 0.15) is 10.8 Å². The van der Waals surface area contributed by atoms with Crippen molar-refractivity contribution >= 4 is 33.0 Å². The molecule has 0 spiro atoms. The summed E-state index contributed by atoms with van der Waals surface area (Å²) in [5.74, 6) is -0.409. The number of sulfonamides is 1. The number of nitrogens with two attached hydrogens (primary N) is 1. The van der Waals surface area contributed by atoms with Gasteiger partial charge in [0, 0.05) is 10.6 Å². The van der Waals surface area contributed by atoms with Crippen LogP contribution < -0.4 is 5.14 Å². The first-order valence-corrected chi connectivity index (χ1v) is 9.14. The molecule has 0 atom stereocenters. The third-order valence-corrected chi connectivity index (χ3v) is 5.43. The minimum absolute atomic E-state index is 0.223. The maximum Gasteiger partial charge on any atom is 0.257 e. The van der Waals surface area contributed by atoms with Crippen LogP contribution in [0.3, 0.4) is 0 Å².